The van der Waals surface area contributed by atoms with Gasteiger partial charge in [-0.3, -0.25) is 4.98 Å². The van der Waals surface area contributed by atoms with Crippen molar-refractivity contribution in [2.24, 2.45) is 0 Å². The van der Waals surface area contributed by atoms with Crippen LogP contribution in [-0.4, -0.2) is 49.4 Å². The largest absolute Gasteiger partial charge is 0.264 e. The highest BCUT2D eigenvalue weighted by atomic mass is 32.2. The van der Waals surface area contributed by atoms with Gasteiger partial charge in [-0.05, 0) is 24.5 Å². The third-order valence-corrected chi connectivity index (χ3v) is 8.07. The normalized spacial score (nSPS) is 21.3. The molecule has 8 heteroatoms. The molecule has 0 amide bonds. The van der Waals surface area contributed by atoms with Gasteiger partial charge in [0.25, 0.3) is 0 Å². The number of hydrogen-bond donors (Lipinski definition) is 0. The van der Waals surface area contributed by atoms with E-state index in [0.29, 0.717) is 6.54 Å². The van der Waals surface area contributed by atoms with Crippen molar-refractivity contribution in [3.8, 4) is 0 Å². The van der Waals surface area contributed by atoms with Gasteiger partial charge in [0.15, 0.2) is 9.84 Å². The molecule has 1 aliphatic heterocycles. The summed E-state index contributed by atoms with van der Waals surface area (Å²) in [6.45, 7) is 2.64. The van der Waals surface area contributed by atoms with Crippen LogP contribution in [0.1, 0.15) is 31.7 Å². The molecule has 6 nitrogen and oxygen atoms in total. The summed E-state index contributed by atoms with van der Waals surface area (Å²) in [5.74, 6) is -0.295. The Kier molecular flexibility index (Phi) is 5.57. The van der Waals surface area contributed by atoms with Crippen molar-refractivity contribution in [3.63, 3.8) is 0 Å². The molecule has 1 unspecified atom stereocenters. The number of rotatable bonds is 7. The second-order valence-corrected chi connectivity index (χ2v) is 10.1. The van der Waals surface area contributed by atoms with Crippen LogP contribution >= 0.6 is 0 Å². The summed E-state index contributed by atoms with van der Waals surface area (Å²) in [7, 11) is -6.84. The van der Waals surface area contributed by atoms with E-state index in [-0.39, 0.29) is 24.5 Å². The zero-order valence-corrected chi connectivity index (χ0v) is 14.3. The van der Waals surface area contributed by atoms with Gasteiger partial charge in [-0.1, -0.05) is 19.4 Å². The molecule has 0 bridgehead atoms. The van der Waals surface area contributed by atoms with Crippen LogP contribution in [-0.2, 0) is 26.4 Å². The Balaban J connectivity index is 2.20. The van der Waals surface area contributed by atoms with Crippen LogP contribution in [0.25, 0.3) is 0 Å². The van der Waals surface area contributed by atoms with E-state index in [0.717, 1.165) is 18.4 Å². The molecule has 0 aliphatic carbocycles. The summed E-state index contributed by atoms with van der Waals surface area (Å²) < 4.78 is 50.1. The summed E-state index contributed by atoms with van der Waals surface area (Å²) in [6, 6.07) is 3.59. The second kappa shape index (κ2) is 7.06. The third-order valence-electron chi connectivity index (χ3n) is 3.81. The Morgan fingerprint density at radius 1 is 1.41 bits per heavy atom. The number of sulfone groups is 1. The second-order valence-electron chi connectivity index (χ2n) is 5.62. The maximum Gasteiger partial charge on any atom is 0.218 e. The van der Waals surface area contributed by atoms with Gasteiger partial charge in [0.1, 0.15) is 0 Å². The van der Waals surface area contributed by atoms with E-state index in [9.17, 15) is 16.8 Å². The third kappa shape index (κ3) is 4.27. The number of nitrogens with zero attached hydrogens (tertiary/aromatic N) is 2. The van der Waals surface area contributed by atoms with Crippen molar-refractivity contribution in [2.45, 2.75) is 38.0 Å². The molecule has 1 fully saturated rings. The molecule has 0 aromatic carbocycles. The first kappa shape index (κ1) is 17.4. The van der Waals surface area contributed by atoms with E-state index in [2.05, 4.69) is 4.98 Å². The minimum absolute atomic E-state index is 0.0363. The first-order valence-electron chi connectivity index (χ1n) is 7.43. The SMILES string of the molecule is CCCCN(Cc1cccnc1)S(=O)(=O)C1CCS(=O)(=O)C1. The molecule has 1 aliphatic rings. The lowest BCUT2D eigenvalue weighted by Crippen LogP contribution is -2.39. The fourth-order valence-corrected chi connectivity index (χ4v) is 7.09. The molecular weight excluding hydrogens is 324 g/mol. The molecule has 0 saturated carbocycles. The Hall–Kier alpha value is -0.990. The number of hydrogen-bond acceptors (Lipinski definition) is 5. The lowest BCUT2D eigenvalue weighted by molar-refractivity contribution is 0.392. The predicted molar refractivity (Wildman–Crippen MR) is 85.5 cm³/mol. The molecule has 2 rings (SSSR count). The molecule has 0 N–H and O–H groups in total. The van der Waals surface area contributed by atoms with Crippen LogP contribution in [0.15, 0.2) is 24.5 Å². The first-order chi connectivity index (χ1) is 10.3. The van der Waals surface area contributed by atoms with Gasteiger partial charge in [0, 0.05) is 25.5 Å². The van der Waals surface area contributed by atoms with E-state index in [1.54, 1.807) is 18.5 Å². The maximum absolute atomic E-state index is 12.8. The van der Waals surface area contributed by atoms with Crippen LogP contribution in [0.5, 0.6) is 0 Å². The highest BCUT2D eigenvalue weighted by molar-refractivity contribution is 7.95. The standard InChI is InChI=1S/C14H22N2O4S2/c1-2-3-8-16(11-13-5-4-7-15-10-13)22(19,20)14-6-9-21(17,18)12-14/h4-5,7,10,14H,2-3,6,8-9,11-12H2,1H3. The van der Waals surface area contributed by atoms with Crippen LogP contribution in [0.2, 0.25) is 0 Å². The van der Waals surface area contributed by atoms with Gasteiger partial charge in [-0.15, -0.1) is 0 Å². The molecule has 0 spiro atoms. The number of unbranched alkanes of at least 4 members (excludes halogenated alkanes) is 1. The molecule has 0 radical (unpaired) electrons. The highest BCUT2D eigenvalue weighted by Crippen LogP contribution is 2.23. The summed E-state index contributed by atoms with van der Waals surface area (Å²) >= 11 is 0. The molecule has 1 aromatic heterocycles. The summed E-state index contributed by atoms with van der Waals surface area (Å²) in [5.41, 5.74) is 0.808. The number of aromatic nitrogens is 1. The van der Waals surface area contributed by atoms with Gasteiger partial charge < -0.3 is 0 Å². The molecule has 124 valence electrons. The van der Waals surface area contributed by atoms with E-state index in [1.165, 1.54) is 4.31 Å². The van der Waals surface area contributed by atoms with Crippen molar-refractivity contribution in [1.82, 2.24) is 9.29 Å². The number of pyridine rings is 1. The average molecular weight is 346 g/mol. The smallest absolute Gasteiger partial charge is 0.218 e. The van der Waals surface area contributed by atoms with Crippen molar-refractivity contribution < 1.29 is 16.8 Å². The summed E-state index contributed by atoms with van der Waals surface area (Å²) in [6.07, 6.45) is 5.10. The zero-order chi connectivity index (χ0) is 16.2. The summed E-state index contributed by atoms with van der Waals surface area (Å²) in [4.78, 5) is 4.00. The lowest BCUT2D eigenvalue weighted by atomic mass is 10.3. The lowest BCUT2D eigenvalue weighted by Gasteiger charge is -2.25. The minimum atomic E-state index is -3.62. The highest BCUT2D eigenvalue weighted by Gasteiger charge is 2.40. The van der Waals surface area contributed by atoms with Crippen molar-refractivity contribution in [1.29, 1.82) is 0 Å². The predicted octanol–water partition coefficient (Wildman–Crippen LogP) is 1.20. The Morgan fingerprint density at radius 3 is 2.73 bits per heavy atom. The average Bonchev–Trinajstić information content (AvgIpc) is 2.85. The molecule has 1 saturated heterocycles. The van der Waals surface area contributed by atoms with Gasteiger partial charge in [-0.2, -0.15) is 4.31 Å². The fourth-order valence-electron chi connectivity index (χ4n) is 2.53. The van der Waals surface area contributed by atoms with E-state index in [4.69, 9.17) is 0 Å². The van der Waals surface area contributed by atoms with Crippen molar-refractivity contribution in [3.05, 3.63) is 30.1 Å². The van der Waals surface area contributed by atoms with Crippen molar-refractivity contribution in [2.75, 3.05) is 18.1 Å². The minimum Gasteiger partial charge on any atom is -0.264 e. The van der Waals surface area contributed by atoms with Crippen LogP contribution < -0.4 is 0 Å². The quantitative estimate of drug-likeness (QED) is 0.741. The Morgan fingerprint density at radius 2 is 2.18 bits per heavy atom. The van der Waals surface area contributed by atoms with E-state index < -0.39 is 25.1 Å². The van der Waals surface area contributed by atoms with Gasteiger partial charge in [0.2, 0.25) is 10.0 Å². The molecule has 2 heterocycles. The molecule has 22 heavy (non-hydrogen) atoms. The van der Waals surface area contributed by atoms with E-state index >= 15 is 0 Å². The Labute approximate surface area is 132 Å². The Bertz CT molecular complexity index is 687. The molecule has 1 atom stereocenters. The molecule has 1 aromatic rings. The van der Waals surface area contributed by atoms with Crippen molar-refractivity contribution >= 4 is 19.9 Å². The van der Waals surface area contributed by atoms with Gasteiger partial charge in [-0.25, -0.2) is 16.8 Å². The monoisotopic (exact) mass is 346 g/mol. The molecular formula is C14H22N2O4S2. The van der Waals surface area contributed by atoms with Gasteiger partial charge >= 0.3 is 0 Å². The maximum atomic E-state index is 12.8. The van der Waals surface area contributed by atoms with Crippen LogP contribution in [0.3, 0.4) is 0 Å². The first-order valence-corrected chi connectivity index (χ1v) is 10.8. The van der Waals surface area contributed by atoms with Crippen LogP contribution in [0.4, 0.5) is 0 Å². The zero-order valence-electron chi connectivity index (χ0n) is 12.7. The van der Waals surface area contributed by atoms with Gasteiger partial charge in [0.05, 0.1) is 16.8 Å². The topological polar surface area (TPSA) is 84.4 Å². The number of sulfonamides is 1. The van der Waals surface area contributed by atoms with Crippen LogP contribution in [0, 0.1) is 0 Å². The van der Waals surface area contributed by atoms with E-state index in [1.807, 2.05) is 13.0 Å². The fraction of sp³-hybridized carbons (Fsp3) is 0.643. The summed E-state index contributed by atoms with van der Waals surface area (Å²) in [5, 5.41) is -0.814.